The predicted octanol–water partition coefficient (Wildman–Crippen LogP) is 4.93. The summed E-state index contributed by atoms with van der Waals surface area (Å²) in [6, 6.07) is 8.31. The van der Waals surface area contributed by atoms with E-state index in [0.717, 1.165) is 6.07 Å². The number of urea groups is 1. The van der Waals surface area contributed by atoms with Crippen LogP contribution in [-0.2, 0) is 6.42 Å². The number of fused-ring (bicyclic) bond motifs is 1. The van der Waals surface area contributed by atoms with E-state index in [1.54, 1.807) is 18.5 Å². The summed E-state index contributed by atoms with van der Waals surface area (Å²) in [6.07, 6.45) is 3.53. The van der Waals surface area contributed by atoms with Crippen molar-refractivity contribution in [2.24, 2.45) is 0 Å². The number of pyridine rings is 2. The summed E-state index contributed by atoms with van der Waals surface area (Å²) < 4.78 is 29.0. The van der Waals surface area contributed by atoms with Crippen molar-refractivity contribution in [3.05, 3.63) is 87.4 Å². The van der Waals surface area contributed by atoms with E-state index in [1.807, 2.05) is 6.92 Å². The Hall–Kier alpha value is -4.02. The van der Waals surface area contributed by atoms with Crippen LogP contribution in [0.3, 0.4) is 0 Å². The van der Waals surface area contributed by atoms with E-state index in [9.17, 15) is 18.4 Å². The standard InChI is InChI=1S/C25H22ClF2N5O3/c1-2-17-18-9-23(29-7-8-34)30-12-14(18)13-33(24(17)35)22-11-21(20(28)10-19(22)26)32-25(36)31-16-5-3-15(27)4-6-16/h3-6,9-13,29,34H,2,7-8H2,1H3,(H2,31,32,36). The summed E-state index contributed by atoms with van der Waals surface area (Å²) in [6.45, 7) is 2.08. The van der Waals surface area contributed by atoms with Crippen LogP contribution in [0, 0.1) is 11.6 Å². The number of hydrogen-bond donors (Lipinski definition) is 4. The largest absolute Gasteiger partial charge is 0.395 e. The second-order valence-electron chi connectivity index (χ2n) is 7.81. The van der Waals surface area contributed by atoms with Gasteiger partial charge in [0.1, 0.15) is 17.5 Å². The van der Waals surface area contributed by atoms with E-state index in [-0.39, 0.29) is 28.6 Å². The van der Waals surface area contributed by atoms with Gasteiger partial charge in [-0.1, -0.05) is 18.5 Å². The number of nitrogens with one attached hydrogen (secondary N) is 3. The first-order valence-electron chi connectivity index (χ1n) is 11.0. The van der Waals surface area contributed by atoms with Gasteiger partial charge in [0.15, 0.2) is 0 Å². The number of carbonyl (C=O) groups excluding carboxylic acids is 1. The lowest BCUT2D eigenvalue weighted by Crippen LogP contribution is -2.23. The molecular formula is C25H22ClF2N5O3. The number of hydrogen-bond acceptors (Lipinski definition) is 5. The molecule has 0 radical (unpaired) electrons. The summed E-state index contributed by atoms with van der Waals surface area (Å²) >= 11 is 6.31. The number of rotatable bonds is 7. The molecule has 11 heteroatoms. The molecule has 0 bridgehead atoms. The molecule has 0 fully saturated rings. The minimum Gasteiger partial charge on any atom is -0.395 e. The third-order valence-electron chi connectivity index (χ3n) is 5.42. The van der Waals surface area contributed by atoms with Crippen molar-refractivity contribution in [3.8, 4) is 5.69 Å². The summed E-state index contributed by atoms with van der Waals surface area (Å²) in [4.78, 5) is 30.1. The van der Waals surface area contributed by atoms with Crippen LogP contribution in [0.4, 0.5) is 30.8 Å². The van der Waals surface area contributed by atoms with Gasteiger partial charge in [-0.2, -0.15) is 0 Å². The minimum atomic E-state index is -0.802. The van der Waals surface area contributed by atoms with Gasteiger partial charge in [-0.25, -0.2) is 18.6 Å². The number of nitrogens with zero attached hydrogens (tertiary/aromatic N) is 2. The van der Waals surface area contributed by atoms with Gasteiger partial charge in [0.2, 0.25) is 0 Å². The molecule has 4 N–H and O–H groups in total. The highest BCUT2D eigenvalue weighted by Gasteiger charge is 2.17. The summed E-state index contributed by atoms with van der Waals surface area (Å²) in [5, 5.41) is 18.2. The quantitative estimate of drug-likeness (QED) is 0.280. The van der Waals surface area contributed by atoms with Gasteiger partial charge >= 0.3 is 6.03 Å². The van der Waals surface area contributed by atoms with Gasteiger partial charge in [0.05, 0.1) is 23.0 Å². The Kier molecular flexibility index (Phi) is 7.47. The van der Waals surface area contributed by atoms with Crippen LogP contribution in [0.2, 0.25) is 5.02 Å². The highest BCUT2D eigenvalue weighted by molar-refractivity contribution is 6.32. The number of amides is 2. The topological polar surface area (TPSA) is 108 Å². The second kappa shape index (κ2) is 10.7. The molecule has 0 unspecified atom stereocenters. The Morgan fingerprint density at radius 1 is 1.14 bits per heavy atom. The first-order chi connectivity index (χ1) is 17.3. The maximum absolute atomic E-state index is 14.6. The van der Waals surface area contributed by atoms with E-state index in [4.69, 9.17) is 16.7 Å². The molecule has 186 valence electrons. The van der Waals surface area contributed by atoms with E-state index in [2.05, 4.69) is 20.9 Å². The zero-order valence-electron chi connectivity index (χ0n) is 19.1. The molecule has 36 heavy (non-hydrogen) atoms. The van der Waals surface area contributed by atoms with Crippen molar-refractivity contribution < 1.29 is 18.7 Å². The molecule has 8 nitrogen and oxygen atoms in total. The molecule has 0 atom stereocenters. The molecule has 2 aromatic heterocycles. The van der Waals surface area contributed by atoms with Gasteiger partial charge < -0.3 is 21.1 Å². The van der Waals surface area contributed by atoms with E-state index in [1.165, 1.54) is 34.9 Å². The van der Waals surface area contributed by atoms with Crippen LogP contribution in [0.15, 0.2) is 59.7 Å². The summed E-state index contributed by atoms with van der Waals surface area (Å²) in [5.41, 5.74) is 0.396. The van der Waals surface area contributed by atoms with Crippen molar-refractivity contribution in [1.82, 2.24) is 9.55 Å². The summed E-state index contributed by atoms with van der Waals surface area (Å²) in [7, 11) is 0. The van der Waals surface area contributed by atoms with Crippen molar-refractivity contribution in [1.29, 1.82) is 0 Å². The third kappa shape index (κ3) is 5.29. The molecule has 2 amide bonds. The average Bonchev–Trinajstić information content (AvgIpc) is 2.85. The molecule has 4 rings (SSSR count). The Morgan fingerprint density at radius 2 is 1.89 bits per heavy atom. The van der Waals surface area contributed by atoms with Gasteiger partial charge in [0.25, 0.3) is 5.56 Å². The van der Waals surface area contributed by atoms with E-state index < -0.39 is 17.7 Å². The highest BCUT2D eigenvalue weighted by Crippen LogP contribution is 2.29. The second-order valence-corrected chi connectivity index (χ2v) is 8.22. The van der Waals surface area contributed by atoms with Gasteiger partial charge in [-0.15, -0.1) is 0 Å². The number of halogens is 3. The fraction of sp³-hybridized carbons (Fsp3) is 0.160. The lowest BCUT2D eigenvalue weighted by molar-refractivity contribution is 0.262. The average molecular weight is 514 g/mol. The molecule has 4 aromatic rings. The Balaban J connectivity index is 1.72. The zero-order valence-corrected chi connectivity index (χ0v) is 19.9. The highest BCUT2D eigenvalue weighted by atomic mass is 35.5. The predicted molar refractivity (Wildman–Crippen MR) is 136 cm³/mol. The number of aryl methyl sites for hydroxylation is 1. The molecule has 0 spiro atoms. The SMILES string of the molecule is CCc1c(=O)n(-c2cc(NC(=O)Nc3ccc(F)cc3)c(F)cc2Cl)cc2cnc(NCCO)cc12. The molecule has 0 saturated carbocycles. The normalized spacial score (nSPS) is 10.9. The molecule has 2 heterocycles. The fourth-order valence-electron chi connectivity index (χ4n) is 3.73. The van der Waals surface area contributed by atoms with Gasteiger partial charge in [0, 0.05) is 35.6 Å². The van der Waals surface area contributed by atoms with Gasteiger partial charge in [-0.3, -0.25) is 9.36 Å². The Bertz CT molecular complexity index is 1490. The lowest BCUT2D eigenvalue weighted by Gasteiger charge is -2.16. The Morgan fingerprint density at radius 3 is 2.58 bits per heavy atom. The number of aliphatic hydroxyl groups is 1. The monoisotopic (exact) mass is 513 g/mol. The van der Waals surface area contributed by atoms with Gasteiger partial charge in [-0.05, 0) is 54.3 Å². The zero-order chi connectivity index (χ0) is 25.8. The molecule has 0 aliphatic heterocycles. The summed E-state index contributed by atoms with van der Waals surface area (Å²) in [5.74, 6) is -0.750. The smallest absolute Gasteiger partial charge is 0.323 e. The van der Waals surface area contributed by atoms with Crippen LogP contribution < -0.4 is 21.5 Å². The van der Waals surface area contributed by atoms with Crippen LogP contribution in [0.25, 0.3) is 16.5 Å². The molecular weight excluding hydrogens is 492 g/mol. The molecule has 0 aliphatic carbocycles. The van der Waals surface area contributed by atoms with Crippen LogP contribution in [0.1, 0.15) is 12.5 Å². The van der Waals surface area contributed by atoms with Crippen molar-refractivity contribution in [3.63, 3.8) is 0 Å². The first kappa shape index (κ1) is 25.1. The van der Waals surface area contributed by atoms with Crippen molar-refractivity contribution >= 4 is 45.6 Å². The van der Waals surface area contributed by atoms with Crippen molar-refractivity contribution in [2.45, 2.75) is 13.3 Å². The van der Waals surface area contributed by atoms with Crippen LogP contribution in [-0.4, -0.2) is 33.8 Å². The molecule has 0 aliphatic rings. The third-order valence-corrected chi connectivity index (χ3v) is 5.73. The Labute approximate surface area is 209 Å². The molecule has 2 aromatic carbocycles. The van der Waals surface area contributed by atoms with Crippen LogP contribution in [0.5, 0.6) is 0 Å². The number of aromatic nitrogens is 2. The number of aliphatic hydroxyl groups excluding tert-OH is 1. The number of benzene rings is 2. The maximum Gasteiger partial charge on any atom is 0.323 e. The maximum atomic E-state index is 14.6. The van der Waals surface area contributed by atoms with E-state index >= 15 is 0 Å². The van der Waals surface area contributed by atoms with Crippen LogP contribution >= 0.6 is 11.6 Å². The van der Waals surface area contributed by atoms with Crippen molar-refractivity contribution in [2.75, 3.05) is 29.1 Å². The minimum absolute atomic E-state index is 0.0327. The fourth-order valence-corrected chi connectivity index (χ4v) is 3.97. The first-order valence-corrected chi connectivity index (χ1v) is 11.4. The number of anilines is 3. The molecule has 0 saturated heterocycles. The number of carbonyl (C=O) groups is 1. The lowest BCUT2D eigenvalue weighted by atomic mass is 10.1. The van der Waals surface area contributed by atoms with E-state index in [0.29, 0.717) is 40.8 Å².